The number of nitrogens with zero attached hydrogens (tertiary/aromatic N) is 11. The Kier molecular flexibility index (Phi) is 38.5. The van der Waals surface area contributed by atoms with Crippen molar-refractivity contribution < 1.29 is 75.8 Å². The van der Waals surface area contributed by atoms with E-state index in [-0.39, 0.29) is 90.4 Å². The molecule has 736 valence electrons. The molecule has 8 N–H and O–H groups in total. The van der Waals surface area contributed by atoms with Crippen molar-refractivity contribution in [3.8, 4) is 51.0 Å². The fourth-order valence-electron chi connectivity index (χ4n) is 14.3. The summed E-state index contributed by atoms with van der Waals surface area (Å²) < 4.78 is 64.6. The average Bonchev–Trinajstić information content (AvgIpc) is 1.64. The molecule has 8 amide bonds. The second-order valence-corrected chi connectivity index (χ2v) is 50.3. The zero-order chi connectivity index (χ0) is 98.4. The molecular formula is C98H148ClN17O16Si2. The van der Waals surface area contributed by atoms with Crippen molar-refractivity contribution in [1.82, 2.24) is 70.0 Å². The number of fused-ring (bicyclic) bond motifs is 3. The summed E-state index contributed by atoms with van der Waals surface area (Å²) in [6.07, 6.45) is 9.72. The van der Waals surface area contributed by atoms with E-state index in [2.05, 4.69) is 123 Å². The van der Waals surface area contributed by atoms with Crippen LogP contribution in [0.2, 0.25) is 41.3 Å². The smallest absolute Gasteiger partial charge is 0.410 e. The van der Waals surface area contributed by atoms with Crippen molar-refractivity contribution >= 4 is 103 Å². The summed E-state index contributed by atoms with van der Waals surface area (Å²) in [6.45, 7) is 52.8. The van der Waals surface area contributed by atoms with Crippen LogP contribution in [-0.2, 0) is 32.5 Å². The molecule has 3 fully saturated rings. The second kappa shape index (κ2) is 48.0. The highest BCUT2D eigenvalue weighted by Gasteiger charge is 2.42. The summed E-state index contributed by atoms with van der Waals surface area (Å²) in [5.74, 6) is 1.97. The lowest BCUT2D eigenvalue weighted by Gasteiger charge is -2.40. The van der Waals surface area contributed by atoms with Crippen LogP contribution in [0.3, 0.4) is 0 Å². The van der Waals surface area contributed by atoms with Crippen molar-refractivity contribution in [1.29, 1.82) is 0 Å². The molecule has 3 atom stereocenters. The number of primary amides is 1. The van der Waals surface area contributed by atoms with E-state index in [4.69, 9.17) is 79.0 Å². The number of likely N-dealkylation sites (N-methyl/N-ethyl adjacent to an activating group) is 2. The van der Waals surface area contributed by atoms with Gasteiger partial charge in [0.05, 0.1) is 99.6 Å². The van der Waals surface area contributed by atoms with Crippen LogP contribution < -0.4 is 46.5 Å². The van der Waals surface area contributed by atoms with Crippen LogP contribution in [0.15, 0.2) is 110 Å². The minimum Gasteiger partial charge on any atom is -0.491 e. The number of urea groups is 3. The number of anilines is 2. The third-order valence-corrected chi connectivity index (χ3v) is 32.9. The Hall–Kier alpha value is -10.2. The highest BCUT2D eigenvalue weighted by molar-refractivity contribution is 6.74. The van der Waals surface area contributed by atoms with Gasteiger partial charge in [-0.25, -0.2) is 53.0 Å². The number of benzene rings is 3. The summed E-state index contributed by atoms with van der Waals surface area (Å²) in [4.78, 5) is 79.6. The van der Waals surface area contributed by atoms with E-state index in [0.29, 0.717) is 102 Å². The lowest BCUT2D eigenvalue weighted by atomic mass is 10.1. The average molecular weight is 1910 g/mol. The van der Waals surface area contributed by atoms with Gasteiger partial charge in [-0.3, -0.25) is 0 Å². The number of amides is 8. The number of ether oxygens (including phenoxy) is 8. The Labute approximate surface area is 798 Å². The summed E-state index contributed by atoms with van der Waals surface area (Å²) in [5, 5.41) is 41.3. The van der Waals surface area contributed by atoms with E-state index in [1.165, 1.54) is 0 Å². The van der Waals surface area contributed by atoms with Gasteiger partial charge >= 0.3 is 30.3 Å². The van der Waals surface area contributed by atoms with Crippen molar-refractivity contribution in [2.45, 2.75) is 285 Å². The van der Waals surface area contributed by atoms with Crippen molar-refractivity contribution in [3.05, 3.63) is 115 Å². The van der Waals surface area contributed by atoms with Crippen LogP contribution in [0, 0.1) is 0 Å². The molecule has 36 heteroatoms. The van der Waals surface area contributed by atoms with E-state index in [0.717, 1.165) is 102 Å². The molecule has 0 saturated carbocycles. The van der Waals surface area contributed by atoms with Crippen LogP contribution in [0.5, 0.6) is 17.2 Å². The third kappa shape index (κ3) is 32.2. The van der Waals surface area contributed by atoms with Crippen molar-refractivity contribution in [2.24, 2.45) is 5.73 Å². The highest BCUT2D eigenvalue weighted by Crippen LogP contribution is 2.41. The fraction of sp³-hybridized carbons (Fsp3) is 0.582. The van der Waals surface area contributed by atoms with E-state index >= 15 is 0 Å². The highest BCUT2D eigenvalue weighted by atomic mass is 35.5. The molecule has 0 aliphatic carbocycles. The summed E-state index contributed by atoms with van der Waals surface area (Å²) in [5.41, 5.74) is 11.8. The Bertz CT molecular complexity index is 5330. The molecule has 12 rings (SSSR count). The van der Waals surface area contributed by atoms with Gasteiger partial charge < -0.3 is 94.0 Å². The number of halogens is 1. The molecule has 3 aromatic carbocycles. The Morgan fingerprint density at radius 2 is 0.813 bits per heavy atom. The van der Waals surface area contributed by atoms with E-state index < -0.39 is 52.2 Å². The first-order chi connectivity index (χ1) is 62.9. The number of pyridine rings is 3. The maximum atomic E-state index is 13.1. The van der Waals surface area contributed by atoms with Gasteiger partial charge in [-0.1, -0.05) is 103 Å². The Morgan fingerprint density at radius 3 is 1.13 bits per heavy atom. The van der Waals surface area contributed by atoms with Crippen molar-refractivity contribution in [2.75, 3.05) is 97.3 Å². The number of aliphatic hydroxyl groups excluding tert-OH is 1. The van der Waals surface area contributed by atoms with Gasteiger partial charge in [0.15, 0.2) is 33.6 Å². The van der Waals surface area contributed by atoms with Gasteiger partial charge in [0.2, 0.25) is 0 Å². The maximum Gasteiger partial charge on any atom is 0.410 e. The number of carbonyl (C=O) groups is 5. The molecule has 0 bridgehead atoms. The molecule has 33 nitrogen and oxygen atoms in total. The Morgan fingerprint density at radius 1 is 0.493 bits per heavy atom. The molecule has 3 unspecified atom stereocenters. The van der Waals surface area contributed by atoms with Gasteiger partial charge in [-0.05, 0) is 219 Å². The Balaban J connectivity index is 0.000000216. The number of nitrogens with one attached hydrogen (secondary N) is 5. The second-order valence-electron chi connectivity index (χ2n) is 40.4. The number of hydrogen-bond donors (Lipinski definition) is 7. The predicted octanol–water partition coefficient (Wildman–Crippen LogP) is 19.9. The zero-order valence-corrected chi connectivity index (χ0v) is 86.2. The maximum absolute atomic E-state index is 13.1. The number of aliphatic hydroxyl groups is 1. The van der Waals surface area contributed by atoms with Crippen LogP contribution >= 0.6 is 11.6 Å². The molecule has 0 radical (unpaired) electrons. The summed E-state index contributed by atoms with van der Waals surface area (Å²) >= 11 is 6.61. The molecule has 9 heterocycles. The minimum atomic E-state index is -2.21. The van der Waals surface area contributed by atoms with Gasteiger partial charge in [-0.2, -0.15) is 15.3 Å². The van der Waals surface area contributed by atoms with Gasteiger partial charge in [0.25, 0.3) is 0 Å². The van der Waals surface area contributed by atoms with Crippen molar-refractivity contribution in [3.63, 3.8) is 0 Å². The zero-order valence-electron chi connectivity index (χ0n) is 83.5. The lowest BCUT2D eigenvalue weighted by Crippen LogP contribution is -2.49. The molecule has 134 heavy (non-hydrogen) atoms. The number of aromatic nitrogens is 9. The molecule has 3 saturated heterocycles. The molecule has 3 aliphatic rings. The van der Waals surface area contributed by atoms with E-state index in [1.54, 1.807) is 42.5 Å². The largest absolute Gasteiger partial charge is 0.491 e. The number of hydrogen-bond acceptors (Lipinski definition) is 22. The van der Waals surface area contributed by atoms with Crippen LogP contribution in [0.25, 0.3) is 66.9 Å². The number of carbonyl (C=O) groups excluding carboxylic acids is 5. The van der Waals surface area contributed by atoms with Crippen LogP contribution in [0.1, 0.15) is 201 Å². The quantitative estimate of drug-likeness (QED) is 0.0206. The fourth-order valence-corrected chi connectivity index (χ4v) is 17.2. The van der Waals surface area contributed by atoms with E-state index in [9.17, 15) is 29.1 Å². The molecule has 3 aliphatic heterocycles. The lowest BCUT2D eigenvalue weighted by molar-refractivity contribution is 0.0166. The van der Waals surface area contributed by atoms with E-state index in [1.807, 2.05) is 181 Å². The first kappa shape index (κ1) is 107. The molecular weight excluding hydrogens is 1760 g/mol. The predicted molar refractivity (Wildman–Crippen MR) is 533 cm³/mol. The monoisotopic (exact) mass is 1910 g/mol. The molecule has 0 spiro atoms. The number of nitrogens with two attached hydrogens (primary N) is 1. The van der Waals surface area contributed by atoms with Gasteiger partial charge in [0.1, 0.15) is 48.3 Å². The SMILES string of the molecule is CC(C)n1ncc2c(Cl)cc(-c3cccc(OCC(CN(C)C(=O)OC(C)(C)C)O[Si](C)(C)C(C)(C)C)c3)nc21.CC(C)n1ncc2c(NC(=O)NC3CCOCC3)cc(-c3cccc(OCC(CN(C)C(=O)OC(C)(C)C)O[Si](C)(C)C(C)(C)C)c3)nc21.CCCC(O)COc1cccc(-c2cc(NC(=O)NC3CCOCC3)c3cnn(C(C)C)c3n2)c1.NC(=O)NC1CCOCC1. The molecule has 6 aromatic heterocycles. The third-order valence-electron chi connectivity index (χ3n) is 23.5. The number of rotatable bonds is 30. The van der Waals surface area contributed by atoms with Crippen LogP contribution in [0.4, 0.5) is 35.3 Å². The van der Waals surface area contributed by atoms with Crippen LogP contribution in [-0.4, -0.2) is 240 Å². The normalized spacial score (nSPS) is 15.1. The topological polar surface area (TPSA) is 383 Å². The standard InChI is InChI=1S/C36H56N6O6Si.C30H45ClN4O4Si.C26H35N5O4.C6H12N2O2/c1-24(2)42-32-29(21-37-42)31(40-33(43)38-26-15-17-45-18-16-26)20-30(39-32)25-13-12-14-27(19-25)46-23-28(48-49(10,11)36(6,7)8)22-41(9)34(44)47-35(3,4)5;1-20(2)35-27-24(17-32-35)25(31)16-26(33-27)21-13-12-14-22(15-21)37-19-23(39-40(10,11)30(6,7)8)18-34(9)28(36)38-29(3,4)5;1-4-6-20(32)16-35-21-8-5-7-18(13-21)23-14-24(22-15-27-31(17(2)3)25(22)29-23)30-26(33)28-19-9-11-34-12-10-19;7-6(9)8-5-1-3-10-4-2-5/h12-14,19-21,24,26,28H,15-18,22-23H2,1-11H3,(H2,38,39,40,43);12-17,20,23H,18-19H2,1-11H3;5,7-8,13-15,17,19-20,32H,4,6,9-12,16H2,1-3H3,(H2,28,29,30,33);5H,1-4H2,(H3,7,8,9). The summed E-state index contributed by atoms with van der Waals surface area (Å²) in [7, 11) is -0.916. The first-order valence-electron chi connectivity index (χ1n) is 46.8. The molecule has 9 aromatic rings. The van der Waals surface area contributed by atoms with Gasteiger partial charge in [0, 0.05) is 107 Å². The first-order valence-corrected chi connectivity index (χ1v) is 53.0. The summed E-state index contributed by atoms with van der Waals surface area (Å²) in [6, 6.07) is 28.4. The minimum absolute atomic E-state index is 0.00173. The van der Waals surface area contributed by atoms with Gasteiger partial charge in [-0.15, -0.1) is 0 Å².